The molecule has 38 heavy (non-hydrogen) atoms. The first kappa shape index (κ1) is 25.2. The molecule has 3 aromatic rings. The molecule has 2 atom stereocenters. The third-order valence-electron chi connectivity index (χ3n) is 7.20. The number of carbonyl (C=O) groups is 2. The first-order valence-electron chi connectivity index (χ1n) is 12.3. The average molecular weight is 557 g/mol. The molecule has 0 bridgehead atoms. The molecule has 2 fully saturated rings. The van der Waals surface area contributed by atoms with E-state index in [4.69, 9.17) is 0 Å². The largest absolute Gasteiger partial charge is 0.390 e. The van der Waals surface area contributed by atoms with Gasteiger partial charge in [0, 0.05) is 47.5 Å². The number of aromatic nitrogens is 3. The van der Waals surface area contributed by atoms with Gasteiger partial charge < -0.3 is 15.0 Å². The number of fused-ring (bicyclic) bond motifs is 2. The lowest BCUT2D eigenvalue weighted by Crippen LogP contribution is -2.58. The van der Waals surface area contributed by atoms with Crippen LogP contribution in [0.4, 0.5) is 4.79 Å². The molecule has 11 nitrogen and oxygen atoms in total. The van der Waals surface area contributed by atoms with E-state index in [1.807, 2.05) is 31.2 Å². The van der Waals surface area contributed by atoms with E-state index < -0.39 is 38.8 Å². The van der Waals surface area contributed by atoms with Gasteiger partial charge in [-0.2, -0.15) is 5.10 Å². The molecule has 3 N–H and O–H groups in total. The summed E-state index contributed by atoms with van der Waals surface area (Å²) in [6, 6.07) is 7.05. The molecule has 6 rings (SSSR count). The molecule has 3 amide bonds. The molecule has 0 spiro atoms. The fourth-order valence-electron chi connectivity index (χ4n) is 4.93. The van der Waals surface area contributed by atoms with Crippen molar-refractivity contribution in [3.8, 4) is 0 Å². The summed E-state index contributed by atoms with van der Waals surface area (Å²) in [6.07, 6.45) is 6.36. The van der Waals surface area contributed by atoms with Gasteiger partial charge >= 0.3 is 6.03 Å². The summed E-state index contributed by atoms with van der Waals surface area (Å²) < 4.78 is 30.8. The summed E-state index contributed by atoms with van der Waals surface area (Å²) in [5.41, 5.74) is 2.60. The molecular formula is C25H28N6O5S2. The van der Waals surface area contributed by atoms with Gasteiger partial charge in [-0.25, -0.2) is 17.9 Å². The van der Waals surface area contributed by atoms with Crippen LogP contribution < -0.4 is 4.72 Å². The van der Waals surface area contributed by atoms with Gasteiger partial charge in [-0.15, -0.1) is 0 Å². The van der Waals surface area contributed by atoms with Crippen LogP contribution in [0, 0.1) is 5.92 Å². The standard InChI is InChI=1S/C25H28N6O5S2/c1-25(5-6-25)28-38(35,36)21-9-19-22(33)30(13-16-10-26-29(2)11-16)24(34)31(23(19)37-21)12-15-3-4-20-17(7-15)8-18(14-32)27-20/h3-4,7-11,19,23,27-28,32H,5-6,12-14H2,1-2H3. The van der Waals surface area contributed by atoms with E-state index in [1.165, 1.54) is 11.0 Å². The first-order valence-corrected chi connectivity index (χ1v) is 14.6. The van der Waals surface area contributed by atoms with Crippen LogP contribution in [0.3, 0.4) is 0 Å². The number of hydrogen-bond donors (Lipinski definition) is 3. The molecule has 1 saturated carbocycles. The maximum absolute atomic E-state index is 13.8. The molecule has 0 radical (unpaired) electrons. The highest BCUT2D eigenvalue weighted by Gasteiger charge is 2.52. The van der Waals surface area contributed by atoms with E-state index in [0.717, 1.165) is 41.1 Å². The number of nitrogens with one attached hydrogen (secondary N) is 2. The van der Waals surface area contributed by atoms with Gasteiger partial charge in [0.15, 0.2) is 0 Å². The summed E-state index contributed by atoms with van der Waals surface area (Å²) >= 11 is 1.04. The highest BCUT2D eigenvalue weighted by molar-refractivity contribution is 8.18. The number of aliphatic hydroxyl groups is 1. The Bertz CT molecular complexity index is 1590. The SMILES string of the molecule is Cn1cc(CN2C(=O)C3C=C(S(=O)(=O)NC4(C)CC4)SC3N(Cc3ccc4[nH]c(CO)cc4c3)C2=O)cn1. The second kappa shape index (κ2) is 8.97. The lowest BCUT2D eigenvalue weighted by Gasteiger charge is -2.41. The first-order chi connectivity index (χ1) is 18.0. The molecule has 1 saturated heterocycles. The van der Waals surface area contributed by atoms with Crippen LogP contribution in [0.1, 0.15) is 36.6 Å². The summed E-state index contributed by atoms with van der Waals surface area (Å²) in [4.78, 5) is 33.2. The van der Waals surface area contributed by atoms with Crippen molar-refractivity contribution in [1.82, 2.24) is 29.3 Å². The lowest BCUT2D eigenvalue weighted by atomic mass is 10.0. The van der Waals surface area contributed by atoms with E-state index in [2.05, 4.69) is 14.8 Å². The van der Waals surface area contributed by atoms with Crippen molar-refractivity contribution in [2.75, 3.05) is 0 Å². The van der Waals surface area contributed by atoms with Crippen LogP contribution in [-0.4, -0.2) is 60.9 Å². The number of aliphatic hydroxyl groups excluding tert-OH is 1. The minimum atomic E-state index is -3.83. The maximum atomic E-state index is 13.8. The van der Waals surface area contributed by atoms with E-state index in [1.54, 1.807) is 29.0 Å². The highest BCUT2D eigenvalue weighted by atomic mass is 32.3. The van der Waals surface area contributed by atoms with E-state index in [-0.39, 0.29) is 23.9 Å². The van der Waals surface area contributed by atoms with Gasteiger partial charge in [0.05, 0.1) is 25.3 Å². The second-order valence-electron chi connectivity index (χ2n) is 10.4. The van der Waals surface area contributed by atoms with Crippen LogP contribution in [0.25, 0.3) is 10.9 Å². The minimum absolute atomic E-state index is 0.0405. The normalized spacial score (nSPS) is 22.8. The second-order valence-corrected chi connectivity index (χ2v) is 13.5. The van der Waals surface area contributed by atoms with Crippen LogP contribution in [0.2, 0.25) is 0 Å². The maximum Gasteiger partial charge on any atom is 0.328 e. The number of urea groups is 1. The number of imide groups is 1. The molecule has 200 valence electrons. The molecule has 2 aliphatic heterocycles. The number of nitrogens with zero attached hydrogens (tertiary/aromatic N) is 4. The van der Waals surface area contributed by atoms with Crippen LogP contribution in [0.5, 0.6) is 0 Å². The van der Waals surface area contributed by atoms with Crippen LogP contribution >= 0.6 is 11.8 Å². The van der Waals surface area contributed by atoms with Crippen LogP contribution in [0.15, 0.2) is 47.0 Å². The van der Waals surface area contributed by atoms with Gasteiger partial charge in [-0.05, 0) is 49.6 Å². The van der Waals surface area contributed by atoms with E-state index >= 15 is 0 Å². The quantitative estimate of drug-likeness (QED) is 0.387. The Morgan fingerprint density at radius 2 is 2.00 bits per heavy atom. The Balaban J connectivity index is 1.33. The fraction of sp³-hybridized carbons (Fsp3) is 0.400. The summed E-state index contributed by atoms with van der Waals surface area (Å²) in [7, 11) is -2.07. The Kier molecular flexibility index (Phi) is 5.94. The average Bonchev–Trinajstić information content (AvgIpc) is 3.27. The topological polar surface area (TPSA) is 141 Å². The lowest BCUT2D eigenvalue weighted by molar-refractivity contribution is -0.135. The number of carbonyl (C=O) groups excluding carboxylic acids is 2. The smallest absolute Gasteiger partial charge is 0.328 e. The predicted octanol–water partition coefficient (Wildman–Crippen LogP) is 2.36. The fourth-order valence-corrected chi connectivity index (χ4v) is 8.23. The van der Waals surface area contributed by atoms with Crippen molar-refractivity contribution >= 4 is 44.6 Å². The number of sulfonamides is 1. The summed E-state index contributed by atoms with van der Waals surface area (Å²) in [5.74, 6) is -1.23. The third-order valence-corrected chi connectivity index (χ3v) is 10.7. The number of aryl methyl sites for hydroxylation is 1. The molecule has 2 aromatic heterocycles. The summed E-state index contributed by atoms with van der Waals surface area (Å²) in [6.45, 7) is 1.97. The highest BCUT2D eigenvalue weighted by Crippen LogP contribution is 2.46. The molecule has 2 unspecified atom stereocenters. The molecular weight excluding hydrogens is 528 g/mol. The number of benzene rings is 1. The van der Waals surface area contributed by atoms with Gasteiger partial charge in [0.1, 0.15) is 9.61 Å². The molecule has 4 heterocycles. The zero-order valence-corrected chi connectivity index (χ0v) is 22.6. The number of rotatable bonds is 8. The van der Waals surface area contributed by atoms with Crippen molar-refractivity contribution < 1.29 is 23.1 Å². The number of aromatic amines is 1. The molecule has 1 aromatic carbocycles. The monoisotopic (exact) mass is 556 g/mol. The zero-order chi connectivity index (χ0) is 26.8. The number of hydrogen-bond acceptors (Lipinski definition) is 7. The van der Waals surface area contributed by atoms with Crippen molar-refractivity contribution in [3.63, 3.8) is 0 Å². The number of thioether (sulfide) groups is 1. The zero-order valence-electron chi connectivity index (χ0n) is 20.9. The Hall–Kier alpha value is -3.13. The Labute approximate surface area is 223 Å². The van der Waals surface area contributed by atoms with Crippen LogP contribution in [-0.2, 0) is 41.6 Å². The third kappa shape index (κ3) is 4.53. The summed E-state index contributed by atoms with van der Waals surface area (Å²) in [5, 5.41) is 13.8. The van der Waals surface area contributed by atoms with Crippen molar-refractivity contribution in [2.45, 2.75) is 50.4 Å². The van der Waals surface area contributed by atoms with Gasteiger partial charge in [-0.1, -0.05) is 17.8 Å². The minimum Gasteiger partial charge on any atom is -0.390 e. The number of amides is 3. The van der Waals surface area contributed by atoms with Crippen molar-refractivity contribution in [3.05, 3.63) is 63.8 Å². The van der Waals surface area contributed by atoms with Gasteiger partial charge in [-0.3, -0.25) is 14.4 Å². The molecule has 1 aliphatic carbocycles. The Morgan fingerprint density at radius 3 is 2.68 bits per heavy atom. The van der Waals surface area contributed by atoms with Gasteiger partial charge in [0.2, 0.25) is 15.9 Å². The van der Waals surface area contributed by atoms with Crippen molar-refractivity contribution in [2.24, 2.45) is 13.0 Å². The molecule has 13 heteroatoms. The van der Waals surface area contributed by atoms with E-state index in [9.17, 15) is 23.1 Å². The Morgan fingerprint density at radius 1 is 1.21 bits per heavy atom. The molecule has 3 aliphatic rings. The van der Waals surface area contributed by atoms with Crippen molar-refractivity contribution in [1.29, 1.82) is 0 Å². The predicted molar refractivity (Wildman–Crippen MR) is 142 cm³/mol. The number of H-pyrrole nitrogens is 1. The van der Waals surface area contributed by atoms with E-state index in [0.29, 0.717) is 11.3 Å². The van der Waals surface area contributed by atoms with Gasteiger partial charge in [0.25, 0.3) is 0 Å².